The summed E-state index contributed by atoms with van der Waals surface area (Å²) in [5.41, 5.74) is 1.48. The normalized spacial score (nSPS) is 17.4. The van der Waals surface area contributed by atoms with E-state index in [1.54, 1.807) is 29.2 Å². The fraction of sp³-hybridized carbons (Fsp3) is 0.333. The second-order valence-corrected chi connectivity index (χ2v) is 7.94. The zero-order valence-corrected chi connectivity index (χ0v) is 17.3. The fourth-order valence-electron chi connectivity index (χ4n) is 4.29. The first-order valence-electron chi connectivity index (χ1n) is 10.6. The summed E-state index contributed by atoms with van der Waals surface area (Å²) < 4.78 is 0. The van der Waals surface area contributed by atoms with Gasteiger partial charge in [-0.25, -0.2) is 9.69 Å². The predicted molar refractivity (Wildman–Crippen MR) is 115 cm³/mol. The van der Waals surface area contributed by atoms with Gasteiger partial charge in [0.1, 0.15) is 6.54 Å². The highest BCUT2D eigenvalue weighted by Crippen LogP contribution is 2.28. The third-order valence-corrected chi connectivity index (χ3v) is 5.85. The van der Waals surface area contributed by atoms with E-state index in [0.29, 0.717) is 0 Å². The Hall–Kier alpha value is -3.48. The lowest BCUT2D eigenvalue weighted by Crippen LogP contribution is -2.48. The molecule has 2 aromatic rings. The van der Waals surface area contributed by atoms with Gasteiger partial charge in [-0.1, -0.05) is 67.8 Å². The van der Waals surface area contributed by atoms with Gasteiger partial charge >= 0.3 is 17.8 Å². The molecule has 2 fully saturated rings. The Morgan fingerprint density at radius 2 is 1.39 bits per heavy atom. The van der Waals surface area contributed by atoms with Crippen LogP contribution < -0.4 is 4.90 Å². The summed E-state index contributed by atoms with van der Waals surface area (Å²) in [7, 11) is 0. The van der Waals surface area contributed by atoms with Crippen LogP contribution in [-0.2, 0) is 20.9 Å². The number of carbonyl (C=O) groups excluding carboxylic acids is 4. The van der Waals surface area contributed by atoms with Gasteiger partial charge in [-0.2, -0.15) is 0 Å². The van der Waals surface area contributed by atoms with Crippen molar-refractivity contribution >= 4 is 29.4 Å². The number of para-hydroxylation sites is 1. The molecule has 5 amide bonds. The summed E-state index contributed by atoms with van der Waals surface area (Å²) in [6, 6.07) is 17.5. The van der Waals surface area contributed by atoms with Crippen LogP contribution in [0.4, 0.5) is 10.5 Å². The number of imide groups is 2. The Morgan fingerprint density at radius 3 is 2.03 bits per heavy atom. The van der Waals surface area contributed by atoms with Gasteiger partial charge in [0, 0.05) is 11.7 Å². The Kier molecular flexibility index (Phi) is 6.11. The summed E-state index contributed by atoms with van der Waals surface area (Å²) in [6.45, 7) is -0.444. The van der Waals surface area contributed by atoms with E-state index in [-0.39, 0.29) is 18.5 Å². The van der Waals surface area contributed by atoms with E-state index in [1.807, 2.05) is 36.4 Å². The third kappa shape index (κ3) is 4.35. The van der Waals surface area contributed by atoms with E-state index in [0.717, 1.165) is 53.2 Å². The van der Waals surface area contributed by atoms with Crippen LogP contribution in [0.15, 0.2) is 60.7 Å². The van der Waals surface area contributed by atoms with E-state index < -0.39 is 24.4 Å². The number of benzene rings is 2. The molecule has 1 heterocycles. The van der Waals surface area contributed by atoms with Gasteiger partial charge in [-0.05, 0) is 30.5 Å². The first-order valence-corrected chi connectivity index (χ1v) is 10.6. The number of nitrogens with zero attached hydrogens (tertiary/aromatic N) is 3. The molecule has 1 aliphatic carbocycles. The molecule has 0 unspecified atom stereocenters. The van der Waals surface area contributed by atoms with Crippen molar-refractivity contribution in [2.75, 3.05) is 11.4 Å². The smallest absolute Gasteiger partial charge is 0.308 e. The first-order chi connectivity index (χ1) is 15.1. The number of carbonyl (C=O) groups is 4. The molecule has 1 saturated carbocycles. The van der Waals surface area contributed by atoms with Crippen molar-refractivity contribution in [3.8, 4) is 0 Å². The van der Waals surface area contributed by atoms with Crippen LogP contribution in [0.25, 0.3) is 0 Å². The molecule has 0 spiro atoms. The monoisotopic (exact) mass is 419 g/mol. The largest absolute Gasteiger partial charge is 0.335 e. The van der Waals surface area contributed by atoms with Crippen LogP contribution in [0, 0.1) is 0 Å². The van der Waals surface area contributed by atoms with Crippen molar-refractivity contribution < 1.29 is 19.2 Å². The van der Waals surface area contributed by atoms with Crippen LogP contribution in [0.2, 0.25) is 0 Å². The molecular weight excluding hydrogens is 394 g/mol. The predicted octanol–water partition coefficient (Wildman–Crippen LogP) is 3.34. The number of anilines is 1. The highest BCUT2D eigenvalue weighted by atomic mass is 16.2. The minimum atomic E-state index is -0.953. The zero-order valence-electron chi connectivity index (χ0n) is 17.3. The van der Waals surface area contributed by atoms with Gasteiger partial charge in [0.25, 0.3) is 0 Å². The maximum absolute atomic E-state index is 13.3. The van der Waals surface area contributed by atoms with E-state index >= 15 is 0 Å². The SMILES string of the molecule is O=C1C(=O)N(Cc2ccccc2)C(=O)N1CC(=O)N(c1ccccc1)C1CCCCC1. The minimum Gasteiger partial charge on any atom is -0.308 e. The molecule has 31 heavy (non-hydrogen) atoms. The van der Waals surface area contributed by atoms with E-state index in [1.165, 1.54) is 0 Å². The molecule has 7 heteroatoms. The average molecular weight is 419 g/mol. The first kappa shape index (κ1) is 20.8. The maximum atomic E-state index is 13.3. The van der Waals surface area contributed by atoms with E-state index in [2.05, 4.69) is 0 Å². The standard InChI is InChI=1S/C24H25N3O4/c28-21(27(19-12-6-2-7-13-19)20-14-8-3-9-15-20)17-26-23(30)22(29)25(24(26)31)16-18-10-4-1-5-11-18/h1-2,4-7,10-13,20H,3,8-9,14-17H2. The van der Waals surface area contributed by atoms with Gasteiger partial charge in [0.15, 0.2) is 0 Å². The molecular formula is C24H25N3O4. The van der Waals surface area contributed by atoms with Gasteiger partial charge in [-0.3, -0.25) is 19.3 Å². The summed E-state index contributed by atoms with van der Waals surface area (Å²) >= 11 is 0. The highest BCUT2D eigenvalue weighted by Gasteiger charge is 2.46. The molecule has 0 N–H and O–H groups in total. The van der Waals surface area contributed by atoms with Gasteiger partial charge in [0.05, 0.1) is 6.54 Å². The van der Waals surface area contributed by atoms with Crippen LogP contribution in [-0.4, -0.2) is 46.1 Å². The molecule has 7 nitrogen and oxygen atoms in total. The topological polar surface area (TPSA) is 78.0 Å². The van der Waals surface area contributed by atoms with Crippen LogP contribution >= 0.6 is 0 Å². The van der Waals surface area contributed by atoms with Crippen molar-refractivity contribution in [3.05, 3.63) is 66.2 Å². The van der Waals surface area contributed by atoms with Gasteiger partial charge in [0.2, 0.25) is 5.91 Å². The summed E-state index contributed by atoms with van der Waals surface area (Å²) in [5.74, 6) is -2.20. The lowest BCUT2D eigenvalue weighted by atomic mass is 9.93. The van der Waals surface area contributed by atoms with Crippen molar-refractivity contribution in [2.24, 2.45) is 0 Å². The van der Waals surface area contributed by atoms with Gasteiger partial charge < -0.3 is 4.90 Å². The molecule has 1 aliphatic heterocycles. The molecule has 2 aromatic carbocycles. The molecule has 0 aromatic heterocycles. The Labute approximate surface area is 181 Å². The Morgan fingerprint density at radius 1 is 0.806 bits per heavy atom. The number of amides is 5. The zero-order chi connectivity index (χ0) is 21.8. The van der Waals surface area contributed by atoms with Crippen LogP contribution in [0.3, 0.4) is 0 Å². The molecule has 0 bridgehead atoms. The molecule has 4 rings (SSSR count). The van der Waals surface area contributed by atoms with Crippen molar-refractivity contribution in [2.45, 2.75) is 44.7 Å². The summed E-state index contributed by atoms with van der Waals surface area (Å²) in [6.07, 6.45) is 4.96. The van der Waals surface area contributed by atoms with E-state index in [9.17, 15) is 19.2 Å². The third-order valence-electron chi connectivity index (χ3n) is 5.85. The molecule has 160 valence electrons. The number of urea groups is 1. The van der Waals surface area contributed by atoms with Crippen molar-refractivity contribution in [3.63, 3.8) is 0 Å². The molecule has 2 aliphatic rings. The summed E-state index contributed by atoms with van der Waals surface area (Å²) in [4.78, 5) is 54.5. The molecule has 1 saturated heterocycles. The maximum Gasteiger partial charge on any atom is 0.335 e. The lowest BCUT2D eigenvalue weighted by molar-refractivity contribution is -0.144. The molecule has 0 atom stereocenters. The second kappa shape index (κ2) is 9.12. The van der Waals surface area contributed by atoms with E-state index in [4.69, 9.17) is 0 Å². The number of rotatable bonds is 6. The number of hydrogen-bond donors (Lipinski definition) is 0. The highest BCUT2D eigenvalue weighted by molar-refractivity contribution is 6.45. The van der Waals surface area contributed by atoms with Crippen molar-refractivity contribution in [1.29, 1.82) is 0 Å². The lowest BCUT2D eigenvalue weighted by Gasteiger charge is -2.35. The van der Waals surface area contributed by atoms with Crippen LogP contribution in [0.1, 0.15) is 37.7 Å². The van der Waals surface area contributed by atoms with Crippen molar-refractivity contribution in [1.82, 2.24) is 9.80 Å². The van der Waals surface area contributed by atoms with Gasteiger partial charge in [-0.15, -0.1) is 0 Å². The quantitative estimate of drug-likeness (QED) is 0.531. The number of hydrogen-bond acceptors (Lipinski definition) is 4. The average Bonchev–Trinajstić information content (AvgIpc) is 3.00. The van der Waals surface area contributed by atoms with Crippen LogP contribution in [0.5, 0.6) is 0 Å². The fourth-order valence-corrected chi connectivity index (χ4v) is 4.29. The molecule has 0 radical (unpaired) electrons. The Bertz CT molecular complexity index is 971. The minimum absolute atomic E-state index is 0.0000380. The summed E-state index contributed by atoms with van der Waals surface area (Å²) in [5, 5.41) is 0. The second-order valence-electron chi connectivity index (χ2n) is 7.94. The Balaban J connectivity index is 1.53.